The van der Waals surface area contributed by atoms with E-state index in [0.717, 1.165) is 0 Å². The van der Waals surface area contributed by atoms with Gasteiger partial charge in [-0.2, -0.15) is 13.2 Å². The number of alkyl halides is 3. The predicted molar refractivity (Wildman–Crippen MR) is 100 cm³/mol. The van der Waals surface area contributed by atoms with Crippen molar-refractivity contribution in [1.29, 1.82) is 0 Å². The highest BCUT2D eigenvalue weighted by Gasteiger charge is 2.29. The predicted octanol–water partition coefficient (Wildman–Crippen LogP) is 3.40. The van der Waals surface area contributed by atoms with Gasteiger partial charge in [-0.15, -0.1) is 12.4 Å². The van der Waals surface area contributed by atoms with Crippen LogP contribution in [-0.2, 0) is 4.79 Å². The average Bonchev–Trinajstić information content (AvgIpc) is 2.64. The largest absolute Gasteiger partial charge is 0.492 e. The minimum Gasteiger partial charge on any atom is -0.492 e. The first-order valence-corrected chi connectivity index (χ1v) is 8.01. The Hall–Kier alpha value is -2.65. The Morgan fingerprint density at radius 2 is 1.57 bits per heavy atom. The van der Waals surface area contributed by atoms with Crippen molar-refractivity contribution in [3.8, 4) is 17.2 Å². The number of carbonyl (C=O) groups is 1. The van der Waals surface area contributed by atoms with Gasteiger partial charge in [-0.1, -0.05) is 12.1 Å². The lowest BCUT2D eigenvalue weighted by Crippen LogP contribution is -2.21. The van der Waals surface area contributed by atoms with Crippen molar-refractivity contribution in [3.05, 3.63) is 48.5 Å². The van der Waals surface area contributed by atoms with Crippen LogP contribution in [0.3, 0.4) is 0 Å². The van der Waals surface area contributed by atoms with Gasteiger partial charge < -0.3 is 25.3 Å². The van der Waals surface area contributed by atoms with Crippen molar-refractivity contribution < 1.29 is 32.2 Å². The maximum absolute atomic E-state index is 12.3. The number of hydrogen-bond donors (Lipinski definition) is 2. The minimum atomic E-state index is -4.47. The Morgan fingerprint density at radius 3 is 2.14 bits per heavy atom. The van der Waals surface area contributed by atoms with Gasteiger partial charge in [0, 0.05) is 12.2 Å². The van der Waals surface area contributed by atoms with Crippen LogP contribution in [-0.4, -0.2) is 38.4 Å². The summed E-state index contributed by atoms with van der Waals surface area (Å²) in [5.41, 5.74) is 5.86. The van der Waals surface area contributed by atoms with Crippen molar-refractivity contribution in [3.63, 3.8) is 0 Å². The highest BCUT2D eigenvalue weighted by atomic mass is 35.5. The highest BCUT2D eigenvalue weighted by Crippen LogP contribution is 2.28. The van der Waals surface area contributed by atoms with E-state index in [9.17, 15) is 18.0 Å². The SMILES string of the molecule is Cl.NCCOc1ccc(NC(=O)COc2ccccc2OCC(F)(F)F)cc1. The van der Waals surface area contributed by atoms with Gasteiger partial charge in [-0.05, 0) is 36.4 Å². The molecule has 0 spiro atoms. The summed E-state index contributed by atoms with van der Waals surface area (Å²) >= 11 is 0. The minimum absolute atomic E-state index is 0. The van der Waals surface area contributed by atoms with Crippen LogP contribution in [0.1, 0.15) is 0 Å². The number of para-hydroxylation sites is 2. The molecule has 0 radical (unpaired) electrons. The van der Waals surface area contributed by atoms with Gasteiger partial charge >= 0.3 is 6.18 Å². The van der Waals surface area contributed by atoms with Crippen LogP contribution >= 0.6 is 12.4 Å². The number of nitrogens with one attached hydrogen (secondary N) is 1. The summed E-state index contributed by atoms with van der Waals surface area (Å²) in [4.78, 5) is 12.0. The van der Waals surface area contributed by atoms with Gasteiger partial charge in [0.2, 0.25) is 0 Å². The Morgan fingerprint density at radius 1 is 0.964 bits per heavy atom. The maximum Gasteiger partial charge on any atom is 0.422 e. The molecule has 0 aliphatic carbocycles. The lowest BCUT2D eigenvalue weighted by atomic mass is 10.3. The van der Waals surface area contributed by atoms with E-state index in [4.69, 9.17) is 19.9 Å². The summed E-state index contributed by atoms with van der Waals surface area (Å²) in [5, 5.41) is 2.61. The first-order chi connectivity index (χ1) is 12.9. The fourth-order valence-electron chi connectivity index (χ4n) is 2.00. The number of rotatable bonds is 9. The second kappa shape index (κ2) is 11.3. The normalized spacial score (nSPS) is 10.6. The zero-order valence-corrected chi connectivity index (χ0v) is 15.5. The summed E-state index contributed by atoms with van der Waals surface area (Å²) in [6.07, 6.45) is -4.47. The third-order valence-corrected chi connectivity index (χ3v) is 3.12. The summed E-state index contributed by atoms with van der Waals surface area (Å²) in [5.74, 6) is 0.0909. The molecule has 2 aromatic carbocycles. The Labute approximate surface area is 166 Å². The molecular formula is C18H20ClF3N2O4. The van der Waals surface area contributed by atoms with Crippen LogP contribution < -0.4 is 25.3 Å². The highest BCUT2D eigenvalue weighted by molar-refractivity contribution is 5.91. The van der Waals surface area contributed by atoms with E-state index in [-0.39, 0.29) is 23.9 Å². The molecule has 0 bridgehead atoms. The summed E-state index contributed by atoms with van der Waals surface area (Å²) in [6, 6.07) is 12.5. The lowest BCUT2D eigenvalue weighted by Gasteiger charge is -2.14. The third kappa shape index (κ3) is 8.36. The number of nitrogens with two attached hydrogens (primary N) is 1. The number of carbonyl (C=O) groups excluding carboxylic acids is 1. The number of benzene rings is 2. The standard InChI is InChI=1S/C18H19F3N2O4.ClH/c19-18(20,21)12-27-16-4-2-1-3-15(16)26-11-17(24)23-13-5-7-14(8-6-13)25-10-9-22;/h1-8H,9-12,22H2,(H,23,24);1H. The van der Waals surface area contributed by atoms with Crippen molar-refractivity contribution in [2.45, 2.75) is 6.18 Å². The van der Waals surface area contributed by atoms with Crippen LogP contribution in [0.5, 0.6) is 17.2 Å². The third-order valence-electron chi connectivity index (χ3n) is 3.12. The molecule has 0 heterocycles. The van der Waals surface area contributed by atoms with Gasteiger partial charge in [0.25, 0.3) is 5.91 Å². The van der Waals surface area contributed by atoms with E-state index < -0.39 is 25.3 Å². The van der Waals surface area contributed by atoms with Gasteiger partial charge in [-0.3, -0.25) is 4.79 Å². The number of halogens is 4. The summed E-state index contributed by atoms with van der Waals surface area (Å²) in [7, 11) is 0. The van der Waals surface area contributed by atoms with Crippen molar-refractivity contribution in [2.75, 3.05) is 31.7 Å². The first kappa shape index (κ1) is 23.4. The quantitative estimate of drug-likeness (QED) is 0.649. The second-order valence-electron chi connectivity index (χ2n) is 5.35. The average molecular weight is 421 g/mol. The molecule has 0 atom stereocenters. The summed E-state index contributed by atoms with van der Waals surface area (Å²) < 4.78 is 52.1. The molecule has 3 N–H and O–H groups in total. The molecule has 0 saturated heterocycles. The van der Waals surface area contributed by atoms with Crippen LogP contribution in [0, 0.1) is 0 Å². The lowest BCUT2D eigenvalue weighted by molar-refractivity contribution is -0.153. The van der Waals surface area contributed by atoms with Gasteiger partial charge in [-0.25, -0.2) is 0 Å². The number of anilines is 1. The number of amides is 1. The molecule has 0 aromatic heterocycles. The molecule has 0 aliphatic rings. The van der Waals surface area contributed by atoms with Crippen LogP contribution in [0.2, 0.25) is 0 Å². The Balaban J connectivity index is 0.00000392. The van der Waals surface area contributed by atoms with Crippen LogP contribution in [0.4, 0.5) is 18.9 Å². The molecule has 0 saturated carbocycles. The van der Waals surface area contributed by atoms with E-state index in [2.05, 4.69) is 5.32 Å². The summed E-state index contributed by atoms with van der Waals surface area (Å²) in [6.45, 7) is -1.06. The zero-order chi connectivity index (χ0) is 19.7. The van der Waals surface area contributed by atoms with E-state index in [1.165, 1.54) is 18.2 Å². The topological polar surface area (TPSA) is 82.8 Å². The van der Waals surface area contributed by atoms with E-state index in [1.807, 2.05) is 0 Å². The van der Waals surface area contributed by atoms with Gasteiger partial charge in [0.1, 0.15) is 12.4 Å². The van der Waals surface area contributed by atoms with Crippen LogP contribution in [0.15, 0.2) is 48.5 Å². The molecule has 10 heteroatoms. The monoisotopic (exact) mass is 420 g/mol. The molecule has 1 amide bonds. The molecular weight excluding hydrogens is 401 g/mol. The smallest absolute Gasteiger partial charge is 0.422 e. The zero-order valence-electron chi connectivity index (χ0n) is 14.7. The second-order valence-corrected chi connectivity index (χ2v) is 5.35. The fourth-order valence-corrected chi connectivity index (χ4v) is 2.00. The molecule has 0 fully saturated rings. The van der Waals surface area contributed by atoms with E-state index in [0.29, 0.717) is 24.6 Å². The van der Waals surface area contributed by atoms with Crippen molar-refractivity contribution >= 4 is 24.0 Å². The number of ether oxygens (including phenoxy) is 3. The molecule has 2 aromatic rings. The van der Waals surface area contributed by atoms with E-state index in [1.54, 1.807) is 30.3 Å². The molecule has 0 unspecified atom stereocenters. The molecule has 2 rings (SSSR count). The first-order valence-electron chi connectivity index (χ1n) is 8.01. The maximum atomic E-state index is 12.3. The van der Waals surface area contributed by atoms with Gasteiger partial charge in [0.15, 0.2) is 24.7 Å². The fraction of sp³-hybridized carbons (Fsp3) is 0.278. The van der Waals surface area contributed by atoms with Crippen molar-refractivity contribution in [1.82, 2.24) is 0 Å². The van der Waals surface area contributed by atoms with E-state index >= 15 is 0 Å². The van der Waals surface area contributed by atoms with Crippen molar-refractivity contribution in [2.24, 2.45) is 5.73 Å². The number of hydrogen-bond acceptors (Lipinski definition) is 5. The van der Waals surface area contributed by atoms with Crippen LogP contribution in [0.25, 0.3) is 0 Å². The molecule has 6 nitrogen and oxygen atoms in total. The Bertz CT molecular complexity index is 742. The van der Waals surface area contributed by atoms with Gasteiger partial charge in [0.05, 0.1) is 0 Å². The molecule has 28 heavy (non-hydrogen) atoms. The molecule has 0 aliphatic heterocycles. The molecule has 154 valence electrons. The Kier molecular flexibility index (Phi) is 9.40.